The van der Waals surface area contributed by atoms with Crippen LogP contribution in [0.25, 0.3) is 10.9 Å². The number of aryl methyl sites for hydroxylation is 1. The Balaban J connectivity index is 2.30. The number of anilines is 1. The summed E-state index contributed by atoms with van der Waals surface area (Å²) in [7, 11) is 1.70. The molecule has 0 saturated carbocycles. The molecule has 0 fully saturated rings. The normalized spacial score (nSPS) is 12.7. The van der Waals surface area contributed by atoms with Crippen LogP contribution in [0.15, 0.2) is 24.3 Å². The number of hydrogen-bond acceptors (Lipinski definition) is 3. The first kappa shape index (κ1) is 13.1. The van der Waals surface area contributed by atoms with Crippen LogP contribution in [0.4, 0.5) is 5.82 Å². The highest BCUT2D eigenvalue weighted by atomic mass is 35.5. The van der Waals surface area contributed by atoms with Crippen LogP contribution in [0.1, 0.15) is 12.5 Å². The molecule has 0 aliphatic rings. The van der Waals surface area contributed by atoms with Crippen LogP contribution >= 0.6 is 11.6 Å². The summed E-state index contributed by atoms with van der Waals surface area (Å²) < 4.78 is 5.19. The molecule has 3 nitrogen and oxygen atoms in total. The number of halogens is 1. The minimum absolute atomic E-state index is 0.156. The van der Waals surface area contributed by atoms with Crippen molar-refractivity contribution in [2.24, 2.45) is 0 Å². The van der Waals surface area contributed by atoms with Gasteiger partial charge in [0.2, 0.25) is 0 Å². The van der Waals surface area contributed by atoms with Crippen molar-refractivity contribution in [3.8, 4) is 0 Å². The summed E-state index contributed by atoms with van der Waals surface area (Å²) in [4.78, 5) is 4.59. The minimum Gasteiger partial charge on any atom is -0.380 e. The summed E-state index contributed by atoms with van der Waals surface area (Å²) >= 11 is 6.15. The molecule has 1 aromatic carbocycles. The van der Waals surface area contributed by atoms with Crippen molar-refractivity contribution in [1.29, 1.82) is 0 Å². The van der Waals surface area contributed by atoms with Crippen LogP contribution in [0.2, 0.25) is 5.02 Å². The average molecular weight is 265 g/mol. The molecule has 0 saturated heterocycles. The lowest BCUT2D eigenvalue weighted by Crippen LogP contribution is -2.18. The third-order valence-electron chi connectivity index (χ3n) is 2.98. The first-order valence-electron chi connectivity index (χ1n) is 5.94. The van der Waals surface area contributed by atoms with Crippen LogP contribution in [0.3, 0.4) is 0 Å². The maximum atomic E-state index is 6.15. The number of pyridine rings is 1. The van der Waals surface area contributed by atoms with Gasteiger partial charge in [-0.3, -0.25) is 0 Å². The summed E-state index contributed by atoms with van der Waals surface area (Å²) in [6.45, 7) is 4.78. The topological polar surface area (TPSA) is 34.1 Å². The fourth-order valence-corrected chi connectivity index (χ4v) is 1.96. The monoisotopic (exact) mass is 264 g/mol. The number of rotatable bonds is 4. The zero-order valence-electron chi connectivity index (χ0n) is 10.8. The molecule has 1 aromatic heterocycles. The van der Waals surface area contributed by atoms with E-state index in [9.17, 15) is 0 Å². The molecule has 1 unspecified atom stereocenters. The number of hydrogen-bond donors (Lipinski definition) is 1. The SMILES string of the molecule is COC(C)CNc1ccc2c(Cl)ccc(C)c2n1. The maximum absolute atomic E-state index is 6.15. The van der Waals surface area contributed by atoms with E-state index >= 15 is 0 Å². The second-order valence-corrected chi connectivity index (χ2v) is 4.79. The van der Waals surface area contributed by atoms with Gasteiger partial charge in [0.25, 0.3) is 0 Å². The number of nitrogens with one attached hydrogen (secondary N) is 1. The lowest BCUT2D eigenvalue weighted by Gasteiger charge is -2.12. The summed E-state index contributed by atoms with van der Waals surface area (Å²) in [6, 6.07) is 7.83. The second-order valence-electron chi connectivity index (χ2n) is 4.38. The molecule has 0 amide bonds. The first-order valence-corrected chi connectivity index (χ1v) is 6.32. The average Bonchev–Trinajstić information content (AvgIpc) is 2.40. The van der Waals surface area contributed by atoms with Crippen molar-refractivity contribution in [2.45, 2.75) is 20.0 Å². The number of ether oxygens (including phenoxy) is 1. The van der Waals surface area contributed by atoms with Gasteiger partial charge in [-0.2, -0.15) is 0 Å². The van der Waals surface area contributed by atoms with E-state index in [0.29, 0.717) is 0 Å². The number of benzene rings is 1. The molecule has 0 spiro atoms. The smallest absolute Gasteiger partial charge is 0.126 e. The minimum atomic E-state index is 0.156. The molecule has 0 aliphatic carbocycles. The predicted octanol–water partition coefficient (Wildman–Crippen LogP) is 3.64. The lowest BCUT2D eigenvalue weighted by molar-refractivity contribution is 0.128. The van der Waals surface area contributed by atoms with Gasteiger partial charge in [-0.15, -0.1) is 0 Å². The van der Waals surface area contributed by atoms with Gasteiger partial charge in [-0.05, 0) is 37.6 Å². The third kappa shape index (κ3) is 2.74. The Hall–Kier alpha value is -1.32. The molecular formula is C14H17ClN2O. The summed E-state index contributed by atoms with van der Waals surface area (Å²) in [5.41, 5.74) is 2.07. The Bertz CT molecular complexity index is 557. The van der Waals surface area contributed by atoms with E-state index in [1.165, 1.54) is 0 Å². The molecule has 0 aliphatic heterocycles. The fraction of sp³-hybridized carbons (Fsp3) is 0.357. The molecule has 4 heteroatoms. The molecule has 2 aromatic rings. The lowest BCUT2D eigenvalue weighted by atomic mass is 10.1. The highest BCUT2D eigenvalue weighted by Gasteiger charge is 2.05. The maximum Gasteiger partial charge on any atom is 0.126 e. The van der Waals surface area contributed by atoms with Crippen molar-refractivity contribution in [1.82, 2.24) is 4.98 Å². The van der Waals surface area contributed by atoms with Gasteiger partial charge in [-0.25, -0.2) is 4.98 Å². The summed E-state index contributed by atoms with van der Waals surface area (Å²) in [5.74, 6) is 0.844. The van der Waals surface area contributed by atoms with E-state index in [4.69, 9.17) is 16.3 Å². The Morgan fingerprint density at radius 2 is 2.11 bits per heavy atom. The molecule has 1 N–H and O–H groups in total. The van der Waals surface area contributed by atoms with Gasteiger partial charge in [0.1, 0.15) is 5.82 Å². The highest BCUT2D eigenvalue weighted by molar-refractivity contribution is 6.35. The van der Waals surface area contributed by atoms with Gasteiger partial charge in [-0.1, -0.05) is 17.7 Å². The van der Waals surface area contributed by atoms with Gasteiger partial charge < -0.3 is 10.1 Å². The van der Waals surface area contributed by atoms with Crippen molar-refractivity contribution in [3.63, 3.8) is 0 Å². The van der Waals surface area contributed by atoms with Crippen molar-refractivity contribution < 1.29 is 4.74 Å². The van der Waals surface area contributed by atoms with Gasteiger partial charge in [0.05, 0.1) is 11.6 Å². The molecule has 18 heavy (non-hydrogen) atoms. The number of methoxy groups -OCH3 is 1. The Morgan fingerprint density at radius 1 is 1.33 bits per heavy atom. The molecule has 96 valence electrons. The highest BCUT2D eigenvalue weighted by Crippen LogP contribution is 2.26. The Kier molecular flexibility index (Phi) is 4.04. The molecule has 0 bridgehead atoms. The zero-order chi connectivity index (χ0) is 13.1. The van der Waals surface area contributed by atoms with Gasteiger partial charge in [0.15, 0.2) is 0 Å². The Labute approximate surface area is 112 Å². The Morgan fingerprint density at radius 3 is 2.83 bits per heavy atom. The predicted molar refractivity (Wildman–Crippen MR) is 76.5 cm³/mol. The van der Waals surface area contributed by atoms with E-state index in [2.05, 4.69) is 10.3 Å². The summed E-state index contributed by atoms with van der Waals surface area (Å²) in [6.07, 6.45) is 0.156. The number of fused-ring (bicyclic) bond motifs is 1. The van der Waals surface area contributed by atoms with Gasteiger partial charge >= 0.3 is 0 Å². The molecular weight excluding hydrogens is 248 g/mol. The van der Waals surface area contributed by atoms with Crippen LogP contribution in [0.5, 0.6) is 0 Å². The van der Waals surface area contributed by atoms with E-state index in [1.54, 1.807) is 7.11 Å². The van der Waals surface area contributed by atoms with Crippen molar-refractivity contribution in [3.05, 3.63) is 34.9 Å². The van der Waals surface area contributed by atoms with Crippen LogP contribution in [0, 0.1) is 6.92 Å². The zero-order valence-corrected chi connectivity index (χ0v) is 11.6. The van der Waals surface area contributed by atoms with E-state index in [0.717, 1.165) is 33.9 Å². The van der Waals surface area contributed by atoms with E-state index < -0.39 is 0 Å². The molecule has 2 rings (SSSR count). The van der Waals surface area contributed by atoms with Crippen LogP contribution in [-0.4, -0.2) is 24.7 Å². The quantitative estimate of drug-likeness (QED) is 0.915. The number of nitrogens with zero attached hydrogens (tertiary/aromatic N) is 1. The number of aromatic nitrogens is 1. The van der Waals surface area contributed by atoms with E-state index in [1.807, 2.05) is 38.1 Å². The van der Waals surface area contributed by atoms with E-state index in [-0.39, 0.29) is 6.10 Å². The van der Waals surface area contributed by atoms with Crippen molar-refractivity contribution >= 4 is 28.3 Å². The summed E-state index contributed by atoms with van der Waals surface area (Å²) in [5, 5.41) is 4.98. The molecule has 0 radical (unpaired) electrons. The van der Waals surface area contributed by atoms with Crippen LogP contribution in [-0.2, 0) is 4.74 Å². The second kappa shape index (κ2) is 5.55. The van der Waals surface area contributed by atoms with Gasteiger partial charge in [0, 0.05) is 24.1 Å². The van der Waals surface area contributed by atoms with Crippen LogP contribution < -0.4 is 5.32 Å². The fourth-order valence-electron chi connectivity index (χ4n) is 1.75. The third-order valence-corrected chi connectivity index (χ3v) is 3.31. The molecule has 1 heterocycles. The largest absolute Gasteiger partial charge is 0.380 e. The standard InChI is InChI=1S/C14H17ClN2O/c1-9-4-6-12(15)11-5-7-13(17-14(9)11)16-8-10(2)18-3/h4-7,10H,8H2,1-3H3,(H,16,17). The van der Waals surface area contributed by atoms with Crippen molar-refractivity contribution in [2.75, 3.05) is 19.0 Å². The first-order chi connectivity index (χ1) is 8.61. The molecule has 1 atom stereocenters.